The van der Waals surface area contributed by atoms with E-state index in [4.69, 9.17) is 4.74 Å². The maximum absolute atomic E-state index is 11.9. The highest BCUT2D eigenvalue weighted by Gasteiger charge is 2.22. The van der Waals surface area contributed by atoms with E-state index in [9.17, 15) is 9.90 Å². The second-order valence-corrected chi connectivity index (χ2v) is 5.49. The van der Waals surface area contributed by atoms with Crippen LogP contribution in [0.15, 0.2) is 18.2 Å². The maximum Gasteiger partial charge on any atom is 0.260 e. The maximum atomic E-state index is 11.9. The molecule has 0 spiro atoms. The number of ether oxygens (including phenoxy) is 1. The summed E-state index contributed by atoms with van der Waals surface area (Å²) in [5.74, 6) is 0.588. The van der Waals surface area contributed by atoms with Gasteiger partial charge in [-0.1, -0.05) is 13.0 Å². The SMILES string of the molecule is CCC(C)NC(=O)C(C)Oc1ccc2c(c1)CC[C@H]2O. The third-order valence-corrected chi connectivity index (χ3v) is 3.84. The molecule has 1 aliphatic rings. The van der Waals surface area contributed by atoms with Gasteiger partial charge in [0, 0.05) is 6.04 Å². The Morgan fingerprint density at radius 1 is 1.50 bits per heavy atom. The number of hydrogen-bond acceptors (Lipinski definition) is 3. The van der Waals surface area contributed by atoms with Gasteiger partial charge in [0.25, 0.3) is 5.91 Å². The van der Waals surface area contributed by atoms with E-state index in [1.807, 2.05) is 32.0 Å². The fraction of sp³-hybridized carbons (Fsp3) is 0.562. The van der Waals surface area contributed by atoms with Gasteiger partial charge in [0.05, 0.1) is 6.10 Å². The number of fused-ring (bicyclic) bond motifs is 1. The van der Waals surface area contributed by atoms with Crippen LogP contribution in [0.25, 0.3) is 0 Å². The zero-order valence-electron chi connectivity index (χ0n) is 12.3. The van der Waals surface area contributed by atoms with Crippen molar-refractivity contribution in [2.45, 2.75) is 58.3 Å². The molecule has 4 nitrogen and oxygen atoms in total. The standard InChI is InChI=1S/C16H23NO3/c1-4-10(2)17-16(19)11(3)20-13-6-7-14-12(9-13)5-8-15(14)18/h6-7,9-11,15,18H,4-5,8H2,1-3H3,(H,17,19)/t10?,11?,15-/m1/s1. The Kier molecular flexibility index (Phi) is 4.65. The summed E-state index contributed by atoms with van der Waals surface area (Å²) < 4.78 is 5.69. The summed E-state index contributed by atoms with van der Waals surface area (Å²) in [6, 6.07) is 5.80. The molecule has 2 unspecified atom stereocenters. The molecule has 1 aliphatic carbocycles. The van der Waals surface area contributed by atoms with Gasteiger partial charge in [-0.3, -0.25) is 4.79 Å². The van der Waals surface area contributed by atoms with Crippen molar-refractivity contribution in [3.63, 3.8) is 0 Å². The number of aliphatic hydroxyl groups excluding tert-OH is 1. The van der Waals surface area contributed by atoms with Crippen LogP contribution in [-0.4, -0.2) is 23.2 Å². The second-order valence-electron chi connectivity index (χ2n) is 5.49. The first-order valence-corrected chi connectivity index (χ1v) is 7.29. The molecule has 0 bridgehead atoms. The van der Waals surface area contributed by atoms with Crippen molar-refractivity contribution in [3.8, 4) is 5.75 Å². The van der Waals surface area contributed by atoms with E-state index >= 15 is 0 Å². The number of hydrogen-bond donors (Lipinski definition) is 2. The molecule has 2 rings (SSSR count). The molecule has 0 aromatic heterocycles. The average molecular weight is 277 g/mol. The number of aryl methyl sites for hydroxylation is 1. The Labute approximate surface area is 120 Å². The predicted octanol–water partition coefficient (Wildman–Crippen LogP) is 2.35. The fourth-order valence-electron chi connectivity index (χ4n) is 2.36. The largest absolute Gasteiger partial charge is 0.481 e. The first-order valence-electron chi connectivity index (χ1n) is 7.29. The first kappa shape index (κ1) is 14.9. The number of rotatable bonds is 5. The van der Waals surface area contributed by atoms with E-state index in [1.54, 1.807) is 6.92 Å². The molecular formula is C16H23NO3. The molecule has 1 aromatic rings. The molecule has 0 saturated heterocycles. The molecule has 2 N–H and O–H groups in total. The Bertz CT molecular complexity index is 487. The molecule has 110 valence electrons. The zero-order chi connectivity index (χ0) is 14.7. The van der Waals surface area contributed by atoms with Crippen molar-refractivity contribution >= 4 is 5.91 Å². The molecule has 0 fully saturated rings. The van der Waals surface area contributed by atoms with Crippen molar-refractivity contribution in [3.05, 3.63) is 29.3 Å². The molecular weight excluding hydrogens is 254 g/mol. The molecule has 20 heavy (non-hydrogen) atoms. The van der Waals surface area contributed by atoms with E-state index < -0.39 is 6.10 Å². The van der Waals surface area contributed by atoms with Crippen molar-refractivity contribution in [1.29, 1.82) is 0 Å². The third kappa shape index (κ3) is 3.31. The van der Waals surface area contributed by atoms with Crippen molar-refractivity contribution in [2.24, 2.45) is 0 Å². The van der Waals surface area contributed by atoms with E-state index in [-0.39, 0.29) is 18.1 Å². The lowest BCUT2D eigenvalue weighted by atomic mass is 10.1. The lowest BCUT2D eigenvalue weighted by Gasteiger charge is -2.18. The van der Waals surface area contributed by atoms with Crippen LogP contribution in [-0.2, 0) is 11.2 Å². The van der Waals surface area contributed by atoms with Crippen LogP contribution in [0.1, 0.15) is 50.8 Å². The lowest BCUT2D eigenvalue weighted by molar-refractivity contribution is -0.127. The molecule has 1 aromatic carbocycles. The van der Waals surface area contributed by atoms with Gasteiger partial charge in [-0.25, -0.2) is 0 Å². The first-order chi connectivity index (χ1) is 9.51. The van der Waals surface area contributed by atoms with E-state index in [2.05, 4.69) is 5.32 Å². The minimum atomic E-state index is -0.520. The van der Waals surface area contributed by atoms with Gasteiger partial charge in [-0.2, -0.15) is 0 Å². The summed E-state index contributed by atoms with van der Waals surface area (Å²) in [7, 11) is 0. The number of carbonyl (C=O) groups excluding carboxylic acids is 1. The summed E-state index contributed by atoms with van der Waals surface area (Å²) in [5.41, 5.74) is 2.10. The Morgan fingerprint density at radius 3 is 2.95 bits per heavy atom. The summed E-state index contributed by atoms with van der Waals surface area (Å²) in [6.45, 7) is 5.75. The zero-order valence-corrected chi connectivity index (χ0v) is 12.3. The summed E-state index contributed by atoms with van der Waals surface area (Å²) in [6.07, 6.45) is 1.65. The van der Waals surface area contributed by atoms with Gasteiger partial charge < -0.3 is 15.2 Å². The number of nitrogens with one attached hydrogen (secondary N) is 1. The van der Waals surface area contributed by atoms with Crippen molar-refractivity contribution < 1.29 is 14.6 Å². The van der Waals surface area contributed by atoms with Crippen LogP contribution in [0.4, 0.5) is 0 Å². The highest BCUT2D eigenvalue weighted by Crippen LogP contribution is 2.33. The summed E-state index contributed by atoms with van der Waals surface area (Å²) in [4.78, 5) is 11.9. The van der Waals surface area contributed by atoms with Crippen LogP contribution < -0.4 is 10.1 Å². The minimum absolute atomic E-state index is 0.0973. The van der Waals surface area contributed by atoms with Crippen molar-refractivity contribution in [2.75, 3.05) is 0 Å². The van der Waals surface area contributed by atoms with Crippen LogP contribution in [0.5, 0.6) is 5.75 Å². The highest BCUT2D eigenvalue weighted by atomic mass is 16.5. The highest BCUT2D eigenvalue weighted by molar-refractivity contribution is 5.80. The number of amides is 1. The van der Waals surface area contributed by atoms with E-state index in [1.165, 1.54) is 0 Å². The predicted molar refractivity (Wildman–Crippen MR) is 77.7 cm³/mol. The molecule has 4 heteroatoms. The molecule has 0 aliphatic heterocycles. The van der Waals surface area contributed by atoms with E-state index in [0.29, 0.717) is 5.75 Å². The third-order valence-electron chi connectivity index (χ3n) is 3.84. The van der Waals surface area contributed by atoms with E-state index in [0.717, 1.165) is 30.4 Å². The average Bonchev–Trinajstić information content (AvgIpc) is 2.79. The Morgan fingerprint density at radius 2 is 2.25 bits per heavy atom. The number of benzene rings is 1. The smallest absolute Gasteiger partial charge is 0.260 e. The summed E-state index contributed by atoms with van der Waals surface area (Å²) in [5, 5.41) is 12.7. The molecule has 1 amide bonds. The molecule has 0 saturated carbocycles. The Hall–Kier alpha value is -1.55. The quantitative estimate of drug-likeness (QED) is 0.868. The molecule has 0 heterocycles. The monoisotopic (exact) mass is 277 g/mol. The van der Waals surface area contributed by atoms with Crippen LogP contribution in [0.3, 0.4) is 0 Å². The van der Waals surface area contributed by atoms with Crippen LogP contribution in [0.2, 0.25) is 0 Å². The van der Waals surface area contributed by atoms with Gasteiger partial charge >= 0.3 is 0 Å². The number of carbonyl (C=O) groups is 1. The van der Waals surface area contributed by atoms with Crippen molar-refractivity contribution in [1.82, 2.24) is 5.32 Å². The van der Waals surface area contributed by atoms with Gasteiger partial charge in [-0.15, -0.1) is 0 Å². The van der Waals surface area contributed by atoms with Crippen LogP contribution in [0, 0.1) is 0 Å². The molecule has 3 atom stereocenters. The van der Waals surface area contributed by atoms with Gasteiger partial charge in [-0.05, 0) is 56.4 Å². The second kappa shape index (κ2) is 6.27. The Balaban J connectivity index is 1.98. The van der Waals surface area contributed by atoms with Gasteiger partial charge in [0.1, 0.15) is 5.75 Å². The normalized spacial score (nSPS) is 20.1. The van der Waals surface area contributed by atoms with Crippen LogP contribution >= 0.6 is 0 Å². The topological polar surface area (TPSA) is 58.6 Å². The lowest BCUT2D eigenvalue weighted by Crippen LogP contribution is -2.40. The molecule has 0 radical (unpaired) electrons. The fourth-order valence-corrected chi connectivity index (χ4v) is 2.36. The number of aliphatic hydroxyl groups is 1. The van der Waals surface area contributed by atoms with Gasteiger partial charge in [0.2, 0.25) is 0 Å². The summed E-state index contributed by atoms with van der Waals surface area (Å²) >= 11 is 0. The van der Waals surface area contributed by atoms with Gasteiger partial charge in [0.15, 0.2) is 6.10 Å². The minimum Gasteiger partial charge on any atom is -0.481 e.